The van der Waals surface area contributed by atoms with E-state index in [1.165, 1.54) is 17.2 Å². The van der Waals surface area contributed by atoms with Crippen LogP contribution >= 0.6 is 25.1 Å². The second-order valence-corrected chi connectivity index (χ2v) is 8.80. The Morgan fingerprint density at radius 3 is 2.22 bits per heavy atom. The number of hydrogen-bond acceptors (Lipinski definition) is 5. The Morgan fingerprint density at radius 2 is 1.64 bits per heavy atom. The van der Waals surface area contributed by atoms with Crippen LogP contribution < -0.4 is 10.6 Å². The first-order chi connectivity index (χ1) is 16.4. The van der Waals surface area contributed by atoms with Crippen LogP contribution in [0.3, 0.4) is 0 Å². The highest BCUT2D eigenvalue weighted by Gasteiger charge is 2.32. The standard InChI is InChI=1S/C23H24ClF3N6O2.H2S/c1-12(2)13(3)31-21(34)15-5-6-19(28-10-15)33-20(29-11-30-33)14(4)32-22(35)16-7-17(23(25,26)27)9-18(24)8-16;/h5-14H,1-4H3,(H,31,34)(H,32,35);1H2/t13?,14-;/m0./s1. The lowest BCUT2D eigenvalue weighted by Crippen LogP contribution is -2.36. The molecule has 0 saturated heterocycles. The van der Waals surface area contributed by atoms with E-state index in [4.69, 9.17) is 11.6 Å². The molecule has 2 aromatic heterocycles. The third kappa shape index (κ3) is 6.97. The molecule has 8 nitrogen and oxygen atoms in total. The first-order valence-corrected chi connectivity index (χ1v) is 11.1. The summed E-state index contributed by atoms with van der Waals surface area (Å²) in [6.07, 6.45) is -1.99. The van der Waals surface area contributed by atoms with Crippen LogP contribution in [0.2, 0.25) is 5.02 Å². The molecule has 2 amide bonds. The van der Waals surface area contributed by atoms with E-state index in [1.807, 2.05) is 20.8 Å². The summed E-state index contributed by atoms with van der Waals surface area (Å²) in [5.74, 6) is -0.125. The molecule has 1 unspecified atom stereocenters. The van der Waals surface area contributed by atoms with Gasteiger partial charge in [-0.1, -0.05) is 25.4 Å². The van der Waals surface area contributed by atoms with Crippen LogP contribution in [0.25, 0.3) is 5.82 Å². The van der Waals surface area contributed by atoms with Gasteiger partial charge >= 0.3 is 6.18 Å². The van der Waals surface area contributed by atoms with E-state index >= 15 is 0 Å². The number of benzene rings is 1. The highest BCUT2D eigenvalue weighted by atomic mass is 35.5. The van der Waals surface area contributed by atoms with E-state index in [0.29, 0.717) is 11.4 Å². The first kappa shape index (κ1) is 29.1. The molecule has 36 heavy (non-hydrogen) atoms. The van der Waals surface area contributed by atoms with Crippen molar-refractivity contribution in [2.75, 3.05) is 0 Å². The summed E-state index contributed by atoms with van der Waals surface area (Å²) >= 11 is 5.78. The molecule has 0 aliphatic rings. The molecule has 0 saturated carbocycles. The van der Waals surface area contributed by atoms with Crippen molar-refractivity contribution in [3.8, 4) is 5.82 Å². The molecule has 3 aromatic rings. The third-order valence-corrected chi connectivity index (χ3v) is 5.60. The number of carbonyl (C=O) groups is 2. The van der Waals surface area contributed by atoms with E-state index in [-0.39, 0.29) is 47.8 Å². The van der Waals surface area contributed by atoms with Gasteiger partial charge in [0.25, 0.3) is 11.8 Å². The lowest BCUT2D eigenvalue weighted by Gasteiger charge is -2.17. The molecule has 194 valence electrons. The fraction of sp³-hybridized carbons (Fsp3) is 0.348. The van der Waals surface area contributed by atoms with E-state index in [0.717, 1.165) is 18.2 Å². The number of hydrogen-bond donors (Lipinski definition) is 2. The van der Waals surface area contributed by atoms with Gasteiger partial charge in [0, 0.05) is 22.8 Å². The fourth-order valence-corrected chi connectivity index (χ4v) is 3.29. The number of nitrogens with one attached hydrogen (secondary N) is 2. The van der Waals surface area contributed by atoms with E-state index in [1.54, 1.807) is 19.1 Å². The fourth-order valence-electron chi connectivity index (χ4n) is 3.05. The Kier molecular flexibility index (Phi) is 9.50. The number of amides is 2. The van der Waals surface area contributed by atoms with Crippen LogP contribution in [0.15, 0.2) is 42.9 Å². The Bertz CT molecular complexity index is 1220. The molecule has 0 spiro atoms. The van der Waals surface area contributed by atoms with Crippen LogP contribution in [0, 0.1) is 5.92 Å². The average Bonchev–Trinajstić information content (AvgIpc) is 3.28. The minimum Gasteiger partial charge on any atom is -0.349 e. The van der Waals surface area contributed by atoms with Crippen molar-refractivity contribution in [2.45, 2.75) is 46.0 Å². The molecule has 3 rings (SSSR count). The zero-order valence-corrected chi connectivity index (χ0v) is 21.6. The van der Waals surface area contributed by atoms with Crippen LogP contribution in [-0.4, -0.2) is 37.6 Å². The SMILES string of the molecule is CC(C)C(C)NC(=O)c1ccc(-n2ncnc2[C@H](C)NC(=O)c2cc(Cl)cc(C(F)(F)F)c2)nc1.S. The molecule has 0 fully saturated rings. The van der Waals surface area contributed by atoms with Gasteiger partial charge in [-0.15, -0.1) is 0 Å². The summed E-state index contributed by atoms with van der Waals surface area (Å²) in [5, 5.41) is 9.39. The zero-order chi connectivity index (χ0) is 25.9. The molecule has 13 heteroatoms. The van der Waals surface area contributed by atoms with Crippen LogP contribution in [0.1, 0.15) is 65.8 Å². The van der Waals surface area contributed by atoms with Gasteiger partial charge in [0.15, 0.2) is 11.6 Å². The van der Waals surface area contributed by atoms with Gasteiger partial charge < -0.3 is 10.6 Å². The highest BCUT2D eigenvalue weighted by molar-refractivity contribution is 7.59. The monoisotopic (exact) mass is 542 g/mol. The Hall–Kier alpha value is -3.12. The third-order valence-electron chi connectivity index (χ3n) is 5.38. The Balaban J connectivity index is 0.00000456. The Morgan fingerprint density at radius 1 is 0.972 bits per heavy atom. The minimum absolute atomic E-state index is 0. The van der Waals surface area contributed by atoms with E-state index in [9.17, 15) is 22.8 Å². The quantitative estimate of drug-likeness (QED) is 0.450. The van der Waals surface area contributed by atoms with Crippen LogP contribution in [-0.2, 0) is 6.18 Å². The molecule has 0 aliphatic carbocycles. The number of rotatable bonds is 7. The molecule has 0 bridgehead atoms. The molecule has 0 aliphatic heterocycles. The molecule has 0 radical (unpaired) electrons. The van der Waals surface area contributed by atoms with E-state index < -0.39 is 23.7 Å². The Labute approximate surface area is 218 Å². The van der Waals surface area contributed by atoms with Gasteiger partial charge in [0.1, 0.15) is 6.33 Å². The van der Waals surface area contributed by atoms with Crippen molar-refractivity contribution in [1.29, 1.82) is 0 Å². The normalized spacial score (nSPS) is 13.0. The number of aromatic nitrogens is 4. The van der Waals surface area contributed by atoms with E-state index in [2.05, 4.69) is 25.7 Å². The van der Waals surface area contributed by atoms with Gasteiger partial charge in [-0.2, -0.15) is 36.4 Å². The van der Waals surface area contributed by atoms with Crippen molar-refractivity contribution in [2.24, 2.45) is 5.92 Å². The van der Waals surface area contributed by atoms with Crippen molar-refractivity contribution in [1.82, 2.24) is 30.4 Å². The lowest BCUT2D eigenvalue weighted by molar-refractivity contribution is -0.137. The van der Waals surface area contributed by atoms with Crippen molar-refractivity contribution < 1.29 is 22.8 Å². The maximum absolute atomic E-state index is 13.1. The van der Waals surface area contributed by atoms with Crippen molar-refractivity contribution in [3.63, 3.8) is 0 Å². The zero-order valence-electron chi connectivity index (χ0n) is 19.9. The molecular formula is C23H26ClF3N6O2S. The molecule has 2 atom stereocenters. The molecular weight excluding hydrogens is 517 g/mol. The molecule has 2 N–H and O–H groups in total. The summed E-state index contributed by atoms with van der Waals surface area (Å²) in [4.78, 5) is 33.4. The van der Waals surface area contributed by atoms with Crippen LogP contribution in [0.4, 0.5) is 13.2 Å². The second kappa shape index (κ2) is 11.7. The van der Waals surface area contributed by atoms with Gasteiger partial charge in [-0.3, -0.25) is 9.59 Å². The summed E-state index contributed by atoms with van der Waals surface area (Å²) < 4.78 is 40.6. The molecule has 1 aromatic carbocycles. The van der Waals surface area contributed by atoms with Gasteiger partial charge in [-0.25, -0.2) is 9.97 Å². The van der Waals surface area contributed by atoms with Gasteiger partial charge in [0.05, 0.1) is 17.2 Å². The van der Waals surface area contributed by atoms with Crippen LogP contribution in [0.5, 0.6) is 0 Å². The maximum Gasteiger partial charge on any atom is 0.416 e. The second-order valence-electron chi connectivity index (χ2n) is 8.36. The highest BCUT2D eigenvalue weighted by Crippen LogP contribution is 2.32. The number of carbonyl (C=O) groups excluding carboxylic acids is 2. The lowest BCUT2D eigenvalue weighted by atomic mass is 10.1. The number of pyridine rings is 1. The van der Waals surface area contributed by atoms with Crippen molar-refractivity contribution in [3.05, 3.63) is 70.4 Å². The summed E-state index contributed by atoms with van der Waals surface area (Å²) in [6, 6.07) is 5.03. The number of nitrogens with zero attached hydrogens (tertiary/aromatic N) is 4. The minimum atomic E-state index is -4.65. The summed E-state index contributed by atoms with van der Waals surface area (Å²) in [6.45, 7) is 7.51. The molecule has 2 heterocycles. The first-order valence-electron chi connectivity index (χ1n) is 10.7. The van der Waals surface area contributed by atoms with Gasteiger partial charge in [-0.05, 0) is 50.1 Å². The van der Waals surface area contributed by atoms with Crippen molar-refractivity contribution >= 4 is 36.9 Å². The summed E-state index contributed by atoms with van der Waals surface area (Å²) in [5.41, 5.74) is -0.903. The smallest absolute Gasteiger partial charge is 0.349 e. The summed E-state index contributed by atoms with van der Waals surface area (Å²) in [7, 11) is 0. The number of halogens is 4. The van der Waals surface area contributed by atoms with Gasteiger partial charge in [0.2, 0.25) is 0 Å². The largest absolute Gasteiger partial charge is 0.416 e. The topological polar surface area (TPSA) is 102 Å². The maximum atomic E-state index is 13.1. The predicted octanol–water partition coefficient (Wildman–Crippen LogP) is 4.71. The predicted molar refractivity (Wildman–Crippen MR) is 134 cm³/mol. The number of alkyl halides is 3. The average molecular weight is 543 g/mol.